The maximum absolute atomic E-state index is 6.26. The van der Waals surface area contributed by atoms with E-state index in [-0.39, 0.29) is 5.79 Å². The molecule has 0 amide bonds. The third kappa shape index (κ3) is 3.48. The second-order valence-electron chi connectivity index (χ2n) is 6.50. The largest absolute Gasteiger partial charge is 0.462 e. The highest BCUT2D eigenvalue weighted by Gasteiger charge is 2.40. The summed E-state index contributed by atoms with van der Waals surface area (Å²) in [6.07, 6.45) is 5.66. The average molecular weight is 337 g/mol. The Bertz CT molecular complexity index is 534. The molecule has 1 heterocycles. The molecule has 4 nitrogen and oxygen atoms in total. The molecule has 2 aliphatic rings. The van der Waals surface area contributed by atoms with Crippen LogP contribution < -0.4 is 9.92 Å². The van der Waals surface area contributed by atoms with Gasteiger partial charge in [-0.15, -0.1) is 0 Å². The molecule has 0 N–H and O–H groups in total. The molecule has 3 rings (SSSR count). The molecule has 0 saturated heterocycles. The van der Waals surface area contributed by atoms with Gasteiger partial charge in [0, 0.05) is 31.6 Å². The minimum absolute atomic E-state index is 0.382. The number of fused-ring (bicyclic) bond motifs is 1. The van der Waals surface area contributed by atoms with Gasteiger partial charge in [0.05, 0.1) is 6.61 Å². The molecule has 0 unspecified atom stereocenters. The third-order valence-corrected chi connectivity index (χ3v) is 7.87. The lowest BCUT2D eigenvalue weighted by Gasteiger charge is -2.41. The van der Waals surface area contributed by atoms with Crippen molar-refractivity contribution < 1.29 is 18.3 Å². The Morgan fingerprint density at radius 2 is 1.78 bits per heavy atom. The van der Waals surface area contributed by atoms with Gasteiger partial charge in [0.2, 0.25) is 5.79 Å². The number of hydrogen-bond donors (Lipinski definition) is 0. The van der Waals surface area contributed by atoms with Crippen LogP contribution in [0.3, 0.4) is 0 Å². The second kappa shape index (κ2) is 6.93. The molecular formula is C18H28O4Si. The van der Waals surface area contributed by atoms with Crippen molar-refractivity contribution in [2.75, 3.05) is 13.2 Å². The fourth-order valence-corrected chi connectivity index (χ4v) is 5.95. The van der Waals surface area contributed by atoms with Crippen LogP contribution in [0.2, 0.25) is 6.55 Å². The predicted octanol–water partition coefficient (Wildman–Crippen LogP) is 3.61. The lowest BCUT2D eigenvalue weighted by atomic mass is 9.93. The predicted molar refractivity (Wildman–Crippen MR) is 92.2 cm³/mol. The topological polar surface area (TPSA) is 36.9 Å². The Morgan fingerprint density at radius 1 is 1.09 bits per heavy atom. The first-order valence-corrected chi connectivity index (χ1v) is 11.2. The zero-order valence-electron chi connectivity index (χ0n) is 14.5. The van der Waals surface area contributed by atoms with Gasteiger partial charge < -0.3 is 18.3 Å². The van der Waals surface area contributed by atoms with E-state index in [1.165, 1.54) is 19.3 Å². The van der Waals surface area contributed by atoms with Gasteiger partial charge >= 0.3 is 8.56 Å². The van der Waals surface area contributed by atoms with Crippen LogP contribution in [0, 0.1) is 0 Å². The summed E-state index contributed by atoms with van der Waals surface area (Å²) in [5.41, 5.74) is 1.11. The Kier molecular flexibility index (Phi) is 5.11. The van der Waals surface area contributed by atoms with Crippen molar-refractivity contribution in [1.29, 1.82) is 0 Å². The van der Waals surface area contributed by atoms with E-state index in [9.17, 15) is 0 Å². The summed E-state index contributed by atoms with van der Waals surface area (Å²) < 4.78 is 24.4. The highest BCUT2D eigenvalue weighted by molar-refractivity contribution is 6.80. The van der Waals surface area contributed by atoms with Crippen molar-refractivity contribution in [3.8, 4) is 5.75 Å². The average Bonchev–Trinajstić information content (AvgIpc) is 2.55. The highest BCUT2D eigenvalue weighted by Crippen LogP contribution is 2.39. The molecule has 1 aliphatic heterocycles. The zero-order valence-corrected chi connectivity index (χ0v) is 15.5. The lowest BCUT2D eigenvalue weighted by Crippen LogP contribution is -2.51. The van der Waals surface area contributed by atoms with E-state index in [1.54, 1.807) is 0 Å². The van der Waals surface area contributed by atoms with Gasteiger partial charge in [-0.1, -0.05) is 12.5 Å². The maximum Gasteiger partial charge on any atom is 0.369 e. The van der Waals surface area contributed by atoms with Gasteiger partial charge in [0.1, 0.15) is 5.75 Å². The summed E-state index contributed by atoms with van der Waals surface area (Å²) in [5, 5.41) is 1.15. The smallest absolute Gasteiger partial charge is 0.369 e. The van der Waals surface area contributed by atoms with Gasteiger partial charge in [-0.2, -0.15) is 0 Å². The normalized spacial score (nSPS) is 20.1. The standard InChI is InChI=1S/C18H28O4Si/c1-4-20-23(3,21-5-2)16-9-10-17-15(13-16)14-19-18(22-17)11-7-6-8-12-18/h9-10,13H,4-8,11-12,14H2,1-3H3. The zero-order chi connectivity index (χ0) is 16.3. The van der Waals surface area contributed by atoms with Crippen LogP contribution in [0.25, 0.3) is 0 Å². The summed E-state index contributed by atoms with van der Waals surface area (Å²) in [6.45, 7) is 8.08. The van der Waals surface area contributed by atoms with Crippen LogP contribution in [-0.2, 0) is 20.2 Å². The van der Waals surface area contributed by atoms with Crippen molar-refractivity contribution in [2.24, 2.45) is 0 Å². The monoisotopic (exact) mass is 336 g/mol. The molecule has 0 atom stereocenters. The molecule has 0 radical (unpaired) electrons. The van der Waals surface area contributed by atoms with E-state index >= 15 is 0 Å². The van der Waals surface area contributed by atoms with Crippen LogP contribution in [0.1, 0.15) is 51.5 Å². The van der Waals surface area contributed by atoms with Crippen LogP contribution >= 0.6 is 0 Å². The van der Waals surface area contributed by atoms with E-state index < -0.39 is 8.56 Å². The number of rotatable bonds is 5. The lowest BCUT2D eigenvalue weighted by molar-refractivity contribution is -0.222. The maximum atomic E-state index is 6.26. The van der Waals surface area contributed by atoms with Crippen molar-refractivity contribution in [1.82, 2.24) is 0 Å². The molecule has 1 aromatic rings. The molecule has 0 aromatic heterocycles. The molecular weight excluding hydrogens is 308 g/mol. The van der Waals surface area contributed by atoms with E-state index in [0.29, 0.717) is 19.8 Å². The third-order valence-electron chi connectivity index (χ3n) is 4.83. The number of ether oxygens (including phenoxy) is 2. The van der Waals surface area contributed by atoms with Crippen molar-refractivity contribution >= 4 is 13.7 Å². The number of hydrogen-bond acceptors (Lipinski definition) is 4. The van der Waals surface area contributed by atoms with E-state index in [2.05, 4.69) is 24.7 Å². The van der Waals surface area contributed by atoms with Crippen LogP contribution in [-0.4, -0.2) is 27.6 Å². The molecule has 128 valence electrons. The molecule has 23 heavy (non-hydrogen) atoms. The molecule has 1 aromatic carbocycles. The quantitative estimate of drug-likeness (QED) is 0.770. The van der Waals surface area contributed by atoms with Crippen molar-refractivity contribution in [3.63, 3.8) is 0 Å². The Balaban J connectivity index is 1.83. The Hall–Kier alpha value is -0.883. The van der Waals surface area contributed by atoms with Crippen molar-refractivity contribution in [3.05, 3.63) is 23.8 Å². The summed E-state index contributed by atoms with van der Waals surface area (Å²) in [7, 11) is -2.34. The van der Waals surface area contributed by atoms with E-state index in [0.717, 1.165) is 29.3 Å². The van der Waals surface area contributed by atoms with Crippen LogP contribution in [0.15, 0.2) is 18.2 Å². The van der Waals surface area contributed by atoms with Crippen LogP contribution in [0.4, 0.5) is 0 Å². The Morgan fingerprint density at radius 3 is 2.43 bits per heavy atom. The minimum atomic E-state index is -2.34. The SMILES string of the molecule is CCO[Si](C)(OCC)c1ccc2c(c1)COC1(CCCCC1)O2. The first-order valence-electron chi connectivity index (χ1n) is 8.85. The molecule has 1 saturated carbocycles. The first-order chi connectivity index (χ1) is 11.1. The Labute approximate surface area is 140 Å². The van der Waals surface area contributed by atoms with E-state index in [1.807, 2.05) is 13.8 Å². The first kappa shape index (κ1) is 17.0. The van der Waals surface area contributed by atoms with Gasteiger partial charge in [-0.25, -0.2) is 0 Å². The molecule has 0 bridgehead atoms. The van der Waals surface area contributed by atoms with Crippen LogP contribution in [0.5, 0.6) is 5.75 Å². The van der Waals surface area contributed by atoms with Gasteiger partial charge in [0.25, 0.3) is 0 Å². The van der Waals surface area contributed by atoms with Gasteiger partial charge in [0.15, 0.2) is 0 Å². The molecule has 5 heteroatoms. The summed E-state index contributed by atoms with van der Waals surface area (Å²) >= 11 is 0. The minimum Gasteiger partial charge on any atom is -0.462 e. The highest BCUT2D eigenvalue weighted by atomic mass is 28.4. The molecule has 1 spiro atoms. The summed E-state index contributed by atoms with van der Waals surface area (Å²) in [4.78, 5) is 0. The second-order valence-corrected chi connectivity index (χ2v) is 9.54. The van der Waals surface area contributed by atoms with Gasteiger partial charge in [-0.05, 0) is 50.6 Å². The molecule has 1 fully saturated rings. The molecule has 1 aliphatic carbocycles. The van der Waals surface area contributed by atoms with E-state index in [4.69, 9.17) is 18.3 Å². The fourth-order valence-electron chi connectivity index (χ4n) is 3.61. The van der Waals surface area contributed by atoms with Crippen molar-refractivity contribution in [2.45, 2.75) is 64.9 Å². The summed E-state index contributed by atoms with van der Waals surface area (Å²) in [6, 6.07) is 6.34. The fraction of sp³-hybridized carbons (Fsp3) is 0.667. The summed E-state index contributed by atoms with van der Waals surface area (Å²) in [5.74, 6) is 0.583. The number of benzene rings is 1. The van der Waals surface area contributed by atoms with Gasteiger partial charge in [-0.3, -0.25) is 0 Å².